The molecule has 1 N–H and O–H groups in total. The van der Waals surface area contributed by atoms with Crippen LogP contribution < -0.4 is 5.32 Å². The highest BCUT2D eigenvalue weighted by Gasteiger charge is 2.41. The predicted molar refractivity (Wildman–Crippen MR) is 108 cm³/mol. The van der Waals surface area contributed by atoms with Gasteiger partial charge in [-0.15, -0.1) is 35.3 Å². The Kier molecular flexibility index (Phi) is 8.78. The topological polar surface area (TPSA) is 49.8 Å². The van der Waals surface area contributed by atoms with Crippen LogP contribution in [-0.4, -0.2) is 49.7 Å². The molecule has 2 rings (SSSR count). The van der Waals surface area contributed by atoms with E-state index < -0.39 is 0 Å². The first-order valence-electron chi connectivity index (χ1n) is 7.98. The number of aryl methyl sites for hydroxylation is 1. The van der Waals surface area contributed by atoms with Crippen molar-refractivity contribution in [2.75, 3.05) is 33.9 Å². The monoisotopic (exact) mass is 452 g/mol. The van der Waals surface area contributed by atoms with Crippen molar-refractivity contribution >= 4 is 41.3 Å². The van der Waals surface area contributed by atoms with Gasteiger partial charge in [-0.2, -0.15) is 0 Å². The molecule has 1 aromatic rings. The van der Waals surface area contributed by atoms with Crippen molar-refractivity contribution in [3.8, 4) is 0 Å². The number of ether oxygens (including phenoxy) is 1. The number of halogens is 1. The van der Waals surface area contributed by atoms with Gasteiger partial charge in [0.2, 0.25) is 0 Å². The van der Waals surface area contributed by atoms with E-state index in [1.54, 1.807) is 18.4 Å². The standard InChI is InChI=1S/C16H28N4OS.HI/c1-5-17-15(18-12-16(6-7-16)8-9-21-4)20(3)10-14-11-22-13(2)19-14;/h11H,5-10,12H2,1-4H3,(H,17,18);1H. The van der Waals surface area contributed by atoms with Gasteiger partial charge >= 0.3 is 0 Å². The van der Waals surface area contributed by atoms with Crippen LogP contribution in [0.25, 0.3) is 0 Å². The zero-order valence-electron chi connectivity index (χ0n) is 14.6. The van der Waals surface area contributed by atoms with Gasteiger partial charge in [-0.3, -0.25) is 4.99 Å². The average Bonchev–Trinajstić information content (AvgIpc) is 3.16. The Bertz CT molecular complexity index is 502. The molecule has 0 radical (unpaired) electrons. The SMILES string of the molecule is CCNC(=NCC1(CCOC)CC1)N(C)Cc1csc(C)n1.I. The maximum atomic E-state index is 5.22. The van der Waals surface area contributed by atoms with Crippen LogP contribution in [0, 0.1) is 12.3 Å². The molecule has 7 heteroatoms. The second-order valence-electron chi connectivity index (χ2n) is 6.13. The number of guanidine groups is 1. The Morgan fingerprint density at radius 2 is 2.26 bits per heavy atom. The lowest BCUT2D eigenvalue weighted by molar-refractivity contribution is 0.174. The maximum Gasteiger partial charge on any atom is 0.194 e. The number of hydrogen-bond donors (Lipinski definition) is 1. The molecule has 0 aliphatic heterocycles. The van der Waals surface area contributed by atoms with Crippen molar-refractivity contribution in [3.63, 3.8) is 0 Å². The molecule has 1 aliphatic carbocycles. The summed E-state index contributed by atoms with van der Waals surface area (Å²) in [6.45, 7) is 7.54. The van der Waals surface area contributed by atoms with Crippen LogP contribution in [0.4, 0.5) is 0 Å². The van der Waals surface area contributed by atoms with Crippen molar-refractivity contribution in [2.45, 2.75) is 39.7 Å². The summed E-state index contributed by atoms with van der Waals surface area (Å²) in [5.74, 6) is 0.969. The first-order valence-corrected chi connectivity index (χ1v) is 8.86. The van der Waals surface area contributed by atoms with Gasteiger partial charge in [0.25, 0.3) is 0 Å². The number of hydrogen-bond acceptors (Lipinski definition) is 4. The molecule has 0 unspecified atom stereocenters. The number of aliphatic imine (C=N–C) groups is 1. The quantitative estimate of drug-likeness (QED) is 0.374. The van der Waals surface area contributed by atoms with Crippen molar-refractivity contribution in [1.82, 2.24) is 15.2 Å². The highest BCUT2D eigenvalue weighted by Crippen LogP contribution is 2.49. The Balaban J connectivity index is 0.00000264. The summed E-state index contributed by atoms with van der Waals surface area (Å²) in [6, 6.07) is 0. The molecular formula is C16H29IN4OS. The molecule has 1 aliphatic rings. The van der Waals surface area contributed by atoms with Gasteiger partial charge in [0.05, 0.1) is 17.2 Å². The third-order valence-corrected chi connectivity index (χ3v) is 4.94. The normalized spacial score (nSPS) is 15.9. The summed E-state index contributed by atoms with van der Waals surface area (Å²) in [4.78, 5) is 11.5. The van der Waals surface area contributed by atoms with Gasteiger partial charge < -0.3 is 15.0 Å². The predicted octanol–water partition coefficient (Wildman–Crippen LogP) is 3.28. The lowest BCUT2D eigenvalue weighted by Gasteiger charge is -2.22. The molecule has 0 aromatic carbocycles. The summed E-state index contributed by atoms with van der Waals surface area (Å²) >= 11 is 1.70. The molecule has 0 saturated heterocycles. The minimum Gasteiger partial charge on any atom is -0.385 e. The van der Waals surface area contributed by atoms with Crippen LogP contribution in [0.15, 0.2) is 10.4 Å². The molecule has 1 heterocycles. The Morgan fingerprint density at radius 1 is 1.52 bits per heavy atom. The molecule has 0 atom stereocenters. The largest absolute Gasteiger partial charge is 0.385 e. The van der Waals surface area contributed by atoms with Crippen LogP contribution in [-0.2, 0) is 11.3 Å². The fourth-order valence-electron chi connectivity index (χ4n) is 2.49. The number of methoxy groups -OCH3 is 1. The van der Waals surface area contributed by atoms with E-state index in [1.807, 2.05) is 6.92 Å². The van der Waals surface area contributed by atoms with Crippen molar-refractivity contribution < 1.29 is 4.74 Å². The third-order valence-electron chi connectivity index (χ3n) is 4.12. The number of nitrogens with zero attached hydrogens (tertiary/aromatic N) is 3. The third kappa shape index (κ3) is 6.54. The minimum absolute atomic E-state index is 0. The number of nitrogens with one attached hydrogen (secondary N) is 1. The van der Waals surface area contributed by atoms with E-state index in [9.17, 15) is 0 Å². The zero-order chi connectivity index (χ0) is 16.0. The molecule has 1 aromatic heterocycles. The van der Waals surface area contributed by atoms with E-state index in [2.05, 4.69) is 34.6 Å². The minimum atomic E-state index is 0. The highest BCUT2D eigenvalue weighted by atomic mass is 127. The van der Waals surface area contributed by atoms with Gasteiger partial charge in [0.1, 0.15) is 0 Å². The van der Waals surface area contributed by atoms with Crippen LogP contribution in [0.5, 0.6) is 0 Å². The molecule has 23 heavy (non-hydrogen) atoms. The summed E-state index contributed by atoms with van der Waals surface area (Å²) in [6.07, 6.45) is 3.66. The van der Waals surface area contributed by atoms with Gasteiger partial charge in [0.15, 0.2) is 5.96 Å². The van der Waals surface area contributed by atoms with E-state index in [-0.39, 0.29) is 24.0 Å². The maximum absolute atomic E-state index is 5.22. The molecule has 0 spiro atoms. The van der Waals surface area contributed by atoms with E-state index in [0.29, 0.717) is 5.41 Å². The number of aromatic nitrogens is 1. The van der Waals surface area contributed by atoms with Crippen molar-refractivity contribution in [3.05, 3.63) is 16.1 Å². The molecule has 1 fully saturated rings. The van der Waals surface area contributed by atoms with E-state index >= 15 is 0 Å². The molecule has 0 amide bonds. The molecular weight excluding hydrogens is 423 g/mol. The van der Waals surface area contributed by atoms with E-state index in [1.165, 1.54) is 12.8 Å². The molecule has 1 saturated carbocycles. The fraction of sp³-hybridized carbons (Fsp3) is 0.750. The van der Waals surface area contributed by atoms with E-state index in [0.717, 1.165) is 49.3 Å². The first-order chi connectivity index (χ1) is 10.6. The molecule has 0 bridgehead atoms. The van der Waals surface area contributed by atoms with Crippen molar-refractivity contribution in [2.24, 2.45) is 10.4 Å². The Labute approximate surface area is 160 Å². The zero-order valence-corrected chi connectivity index (χ0v) is 17.7. The summed E-state index contributed by atoms with van der Waals surface area (Å²) in [5.41, 5.74) is 1.49. The lowest BCUT2D eigenvalue weighted by Crippen LogP contribution is -2.39. The molecule has 132 valence electrons. The smallest absolute Gasteiger partial charge is 0.194 e. The summed E-state index contributed by atoms with van der Waals surface area (Å²) < 4.78 is 5.22. The van der Waals surface area contributed by atoms with Gasteiger partial charge in [-0.05, 0) is 38.5 Å². The molecule has 5 nitrogen and oxygen atoms in total. The van der Waals surface area contributed by atoms with Crippen LogP contribution >= 0.6 is 35.3 Å². The van der Waals surface area contributed by atoms with Gasteiger partial charge in [-0.25, -0.2) is 4.98 Å². The average molecular weight is 452 g/mol. The first kappa shape index (κ1) is 20.6. The van der Waals surface area contributed by atoms with Crippen LogP contribution in [0.3, 0.4) is 0 Å². The number of rotatable bonds is 8. The number of thiazole rings is 1. The summed E-state index contributed by atoms with van der Waals surface area (Å²) in [7, 11) is 3.85. The van der Waals surface area contributed by atoms with Crippen LogP contribution in [0.1, 0.15) is 36.9 Å². The Morgan fingerprint density at radius 3 is 2.78 bits per heavy atom. The van der Waals surface area contributed by atoms with Crippen molar-refractivity contribution in [1.29, 1.82) is 0 Å². The van der Waals surface area contributed by atoms with Gasteiger partial charge in [0, 0.05) is 39.2 Å². The highest BCUT2D eigenvalue weighted by molar-refractivity contribution is 14.0. The van der Waals surface area contributed by atoms with Gasteiger partial charge in [-0.1, -0.05) is 0 Å². The van der Waals surface area contributed by atoms with Crippen LogP contribution in [0.2, 0.25) is 0 Å². The lowest BCUT2D eigenvalue weighted by atomic mass is 10.0. The fourth-order valence-corrected chi connectivity index (χ4v) is 3.10. The second kappa shape index (κ2) is 9.78. The van der Waals surface area contributed by atoms with E-state index in [4.69, 9.17) is 9.73 Å². The second-order valence-corrected chi connectivity index (χ2v) is 7.19. The Hall–Kier alpha value is -0.410. The summed E-state index contributed by atoms with van der Waals surface area (Å²) in [5, 5.41) is 6.62.